The number of pyridine rings is 1. The normalized spacial score (nSPS) is 21.1. The first kappa shape index (κ1) is 57.3. The van der Waals surface area contributed by atoms with Crippen molar-refractivity contribution in [1.29, 1.82) is 0 Å². The summed E-state index contributed by atoms with van der Waals surface area (Å²) in [6.45, 7) is 34.2. The van der Waals surface area contributed by atoms with Gasteiger partial charge in [0.25, 0.3) is 0 Å². The molecule has 16 heteroatoms. The maximum atomic E-state index is 18.9. The molecular formula is C60H83F3N6O5Si2. The molecule has 2 unspecified atom stereocenters. The molecule has 4 saturated heterocycles. The van der Waals surface area contributed by atoms with E-state index in [1.54, 1.807) is 18.2 Å². The summed E-state index contributed by atoms with van der Waals surface area (Å²) in [6, 6.07) is 6.05. The van der Waals surface area contributed by atoms with E-state index in [0.717, 1.165) is 32.2 Å². The summed E-state index contributed by atoms with van der Waals surface area (Å²) < 4.78 is 75.0. The molecule has 0 spiro atoms. The number of carbonyl (C=O) groups excluding carboxylic acids is 1. The highest BCUT2D eigenvalue weighted by atomic mass is 28.3. The van der Waals surface area contributed by atoms with E-state index < -0.39 is 45.1 Å². The van der Waals surface area contributed by atoms with Crippen molar-refractivity contribution < 1.29 is 36.9 Å². The van der Waals surface area contributed by atoms with Crippen molar-refractivity contribution in [3.8, 4) is 45.9 Å². The molecule has 2 aromatic carbocycles. The molecule has 4 fully saturated rings. The lowest BCUT2D eigenvalue weighted by Gasteiger charge is -2.42. The molecule has 8 rings (SSSR count). The number of hydrogen-bond donors (Lipinski definition) is 0. The molecular weight excluding hydrogens is 998 g/mol. The minimum absolute atomic E-state index is 0.0600. The Morgan fingerprint density at radius 1 is 0.803 bits per heavy atom. The van der Waals surface area contributed by atoms with Crippen LogP contribution >= 0.6 is 0 Å². The van der Waals surface area contributed by atoms with Gasteiger partial charge in [0.1, 0.15) is 68.8 Å². The number of amides is 1. The SMILES string of the molecule is COCOc1cc(-c2nc(C#C[Si](C(C)C)(C(C)C)C(C)C)c3c(N4CC5CCC(C4)N5C(=O)OC(C)(C)C)nc(OC[C@]45CCCN4C[C@H](F)C5)nc3c2F)c2c(C#C[Si](C(C)C)(C(C)C)C(C)C)c(F)ccc2c1. The van der Waals surface area contributed by atoms with Crippen LogP contribution in [0.25, 0.3) is 32.9 Å². The maximum absolute atomic E-state index is 18.9. The van der Waals surface area contributed by atoms with Crippen LogP contribution < -0.4 is 14.4 Å². The number of hydrogen-bond acceptors (Lipinski definition) is 10. The van der Waals surface area contributed by atoms with Crippen LogP contribution in [0.4, 0.5) is 23.8 Å². The van der Waals surface area contributed by atoms with Crippen LogP contribution in [0.1, 0.15) is 147 Å². The van der Waals surface area contributed by atoms with E-state index in [1.807, 2.05) is 25.7 Å². The molecule has 4 aromatic rings. The van der Waals surface area contributed by atoms with Crippen LogP contribution in [0.5, 0.6) is 11.8 Å². The number of methoxy groups -OCH3 is 1. The Hall–Kier alpha value is -4.88. The predicted molar refractivity (Wildman–Crippen MR) is 304 cm³/mol. The van der Waals surface area contributed by atoms with Crippen molar-refractivity contribution in [3.63, 3.8) is 0 Å². The summed E-state index contributed by atoms with van der Waals surface area (Å²) in [5.74, 6) is 6.47. The van der Waals surface area contributed by atoms with Gasteiger partial charge in [0.15, 0.2) is 12.6 Å². The van der Waals surface area contributed by atoms with Crippen LogP contribution in [0, 0.1) is 34.6 Å². The quantitative estimate of drug-likeness (QED) is 0.0689. The lowest BCUT2D eigenvalue weighted by Crippen LogP contribution is -2.57. The second-order valence-electron chi connectivity index (χ2n) is 25.1. The van der Waals surface area contributed by atoms with E-state index in [1.165, 1.54) is 13.2 Å². The van der Waals surface area contributed by atoms with Gasteiger partial charge in [-0.05, 0) is 110 Å². The van der Waals surface area contributed by atoms with Crippen LogP contribution in [0.3, 0.4) is 0 Å². The average molecular weight is 1080 g/mol. The number of fused-ring (bicyclic) bond motifs is 5. The van der Waals surface area contributed by atoms with Gasteiger partial charge in [0, 0.05) is 44.1 Å². The number of nitrogens with zero attached hydrogens (tertiary/aromatic N) is 6. The highest BCUT2D eigenvalue weighted by molar-refractivity contribution is 6.91. The molecule has 412 valence electrons. The molecule has 4 aliphatic rings. The molecule has 1 amide bonds. The molecule has 11 nitrogen and oxygen atoms in total. The third kappa shape index (κ3) is 10.6. The molecule has 2 aromatic heterocycles. The average Bonchev–Trinajstić information content (AvgIpc) is 4.02. The largest absolute Gasteiger partial charge is 0.468 e. The van der Waals surface area contributed by atoms with Crippen LogP contribution in [0.15, 0.2) is 24.3 Å². The summed E-state index contributed by atoms with van der Waals surface area (Å²) >= 11 is 0. The molecule has 0 N–H and O–H groups in total. The number of carbonyl (C=O) groups is 1. The summed E-state index contributed by atoms with van der Waals surface area (Å²) in [7, 11) is -3.36. The van der Waals surface area contributed by atoms with E-state index in [2.05, 4.69) is 116 Å². The maximum Gasteiger partial charge on any atom is 0.410 e. The second-order valence-corrected chi connectivity index (χ2v) is 36.2. The molecule has 76 heavy (non-hydrogen) atoms. The standard InChI is InChI=1S/C60H83F3N6O5Si2/c1-36(2)75(37(3)4,38(5)6)26-22-47-49(62)21-18-42-28-46(73-35-71-16)29-48(51(42)47)54-53(63)55-52(50(64-54)23-27-76(39(7)8,40(9)10)41(11)12)56(66-57(65-55)72-34-60-24-17-25-68(60)31-43(61)30-60)67-32-44-19-20-45(33-67)69(44)58(70)74-59(13,14)15/h18,21,28-29,36-41,43-45H,17,19-20,24-25,30-35H2,1-16H3/t43-,44?,45?,60-/m1/s1. The second kappa shape index (κ2) is 22.1. The zero-order chi connectivity index (χ0) is 55.4. The fraction of sp³-hybridized carbons (Fsp3) is 0.633. The van der Waals surface area contributed by atoms with Crippen molar-refractivity contribution in [2.45, 2.75) is 199 Å². The van der Waals surface area contributed by atoms with Gasteiger partial charge in [-0.2, -0.15) is 9.97 Å². The fourth-order valence-electron chi connectivity index (χ4n) is 14.2. The minimum Gasteiger partial charge on any atom is -0.468 e. The molecule has 0 saturated carbocycles. The topological polar surface area (TPSA) is 102 Å². The van der Waals surface area contributed by atoms with Crippen molar-refractivity contribution >= 4 is 49.7 Å². The Bertz CT molecular complexity index is 2900. The van der Waals surface area contributed by atoms with E-state index in [4.69, 9.17) is 33.9 Å². The van der Waals surface area contributed by atoms with Crippen molar-refractivity contribution in [2.24, 2.45) is 0 Å². The molecule has 6 heterocycles. The third-order valence-corrected chi connectivity index (χ3v) is 30.1. The number of aromatic nitrogens is 3. The number of alkyl halides is 1. The molecule has 0 aliphatic carbocycles. The lowest BCUT2D eigenvalue weighted by atomic mass is 9.95. The number of anilines is 1. The zero-order valence-corrected chi connectivity index (χ0v) is 50.1. The van der Waals surface area contributed by atoms with E-state index in [0.29, 0.717) is 53.8 Å². The third-order valence-electron chi connectivity index (χ3n) is 17.5. The molecule has 2 bridgehead atoms. The Labute approximate surface area is 452 Å². The van der Waals surface area contributed by atoms with Gasteiger partial charge in [-0.1, -0.05) is 101 Å². The first-order chi connectivity index (χ1) is 35.8. The summed E-state index contributed by atoms with van der Waals surface area (Å²) in [4.78, 5) is 35.4. The van der Waals surface area contributed by atoms with Crippen molar-refractivity contribution in [2.75, 3.05) is 51.6 Å². The zero-order valence-electron chi connectivity index (χ0n) is 48.1. The summed E-state index contributed by atoms with van der Waals surface area (Å²) in [5.41, 5.74) is 8.49. The fourth-order valence-corrected chi connectivity index (χ4v) is 24.6. The number of ether oxygens (including phenoxy) is 4. The van der Waals surface area contributed by atoms with Gasteiger partial charge in [-0.15, -0.1) is 11.1 Å². The van der Waals surface area contributed by atoms with Crippen LogP contribution in [-0.4, -0.2) is 123 Å². The first-order valence-corrected chi connectivity index (χ1v) is 32.4. The number of halogens is 3. The van der Waals surface area contributed by atoms with Crippen molar-refractivity contribution in [3.05, 3.63) is 47.2 Å². The lowest BCUT2D eigenvalue weighted by molar-refractivity contribution is 0.0122. The number of piperazine rings is 1. The van der Waals surface area contributed by atoms with Gasteiger partial charge in [0.2, 0.25) is 0 Å². The Balaban J connectivity index is 1.45. The molecule has 4 aliphatic heterocycles. The first-order valence-electron chi connectivity index (χ1n) is 27.9. The van der Waals surface area contributed by atoms with Gasteiger partial charge in [-0.25, -0.2) is 22.9 Å². The van der Waals surface area contributed by atoms with Gasteiger partial charge in [0.05, 0.1) is 28.6 Å². The Morgan fingerprint density at radius 2 is 1.41 bits per heavy atom. The Morgan fingerprint density at radius 3 is 1.99 bits per heavy atom. The monoisotopic (exact) mass is 1080 g/mol. The van der Waals surface area contributed by atoms with Gasteiger partial charge < -0.3 is 23.8 Å². The van der Waals surface area contributed by atoms with Crippen LogP contribution in [-0.2, 0) is 9.47 Å². The summed E-state index contributed by atoms with van der Waals surface area (Å²) in [5, 5.41) is 1.29. The van der Waals surface area contributed by atoms with Crippen molar-refractivity contribution in [1.82, 2.24) is 24.8 Å². The highest BCUT2D eigenvalue weighted by Crippen LogP contribution is 2.46. The van der Waals surface area contributed by atoms with E-state index in [-0.39, 0.29) is 98.9 Å². The summed E-state index contributed by atoms with van der Waals surface area (Å²) in [6.07, 6.45) is 2.13. The predicted octanol–water partition coefficient (Wildman–Crippen LogP) is 13.8. The van der Waals surface area contributed by atoms with Gasteiger partial charge in [-0.3, -0.25) is 9.80 Å². The van der Waals surface area contributed by atoms with Crippen LogP contribution in [0.2, 0.25) is 33.2 Å². The molecule has 4 atom stereocenters. The molecule has 0 radical (unpaired) electrons. The minimum atomic E-state index is -2.48. The van der Waals surface area contributed by atoms with E-state index >= 15 is 13.2 Å². The number of rotatable bonds is 14. The van der Waals surface area contributed by atoms with Gasteiger partial charge >= 0.3 is 12.1 Å². The Kier molecular flexibility index (Phi) is 16.7. The highest BCUT2D eigenvalue weighted by Gasteiger charge is 2.50. The smallest absolute Gasteiger partial charge is 0.410 e. The number of benzene rings is 2. The van der Waals surface area contributed by atoms with E-state index in [9.17, 15) is 4.79 Å².